The maximum Gasteiger partial charge on any atom is 0.129 e. The van der Waals surface area contributed by atoms with Crippen molar-refractivity contribution in [1.82, 2.24) is 10.3 Å². The molecule has 1 N–H and O–H groups in total. The summed E-state index contributed by atoms with van der Waals surface area (Å²) in [5, 5.41) is 3.26. The normalized spacial score (nSPS) is 16.1. The molecule has 1 aromatic rings. The van der Waals surface area contributed by atoms with Crippen molar-refractivity contribution in [2.75, 3.05) is 18.5 Å². The Morgan fingerprint density at radius 2 is 2.00 bits per heavy atom. The fourth-order valence-corrected chi connectivity index (χ4v) is 3.17. The van der Waals surface area contributed by atoms with Crippen LogP contribution in [0.25, 0.3) is 0 Å². The molecule has 1 saturated carbocycles. The Morgan fingerprint density at radius 3 is 2.55 bits per heavy atom. The average Bonchev–Trinajstić information content (AvgIpc) is 2.93. The van der Waals surface area contributed by atoms with Crippen molar-refractivity contribution in [1.29, 1.82) is 0 Å². The lowest BCUT2D eigenvalue weighted by Crippen LogP contribution is -2.34. The third kappa shape index (κ3) is 3.51. The van der Waals surface area contributed by atoms with E-state index in [-0.39, 0.29) is 0 Å². The fraction of sp³-hybridized carbons (Fsp3) is 0.706. The molecule has 0 amide bonds. The molecule has 2 rings (SSSR count). The van der Waals surface area contributed by atoms with Gasteiger partial charge < -0.3 is 10.2 Å². The Hall–Kier alpha value is -1.09. The van der Waals surface area contributed by atoms with Crippen LogP contribution in [-0.4, -0.2) is 24.6 Å². The van der Waals surface area contributed by atoms with E-state index in [2.05, 4.69) is 43.1 Å². The van der Waals surface area contributed by atoms with Gasteiger partial charge in [-0.2, -0.15) is 0 Å². The van der Waals surface area contributed by atoms with Crippen LogP contribution in [0, 0.1) is 0 Å². The number of hydrogen-bond acceptors (Lipinski definition) is 3. The number of anilines is 1. The number of rotatable bonds is 6. The molecule has 3 nitrogen and oxygen atoms in total. The minimum atomic E-state index is 0.479. The summed E-state index contributed by atoms with van der Waals surface area (Å²) >= 11 is 0. The average molecular weight is 275 g/mol. The summed E-state index contributed by atoms with van der Waals surface area (Å²) in [4.78, 5) is 7.44. The lowest BCUT2D eigenvalue weighted by molar-refractivity contribution is 0.609. The van der Waals surface area contributed by atoms with E-state index in [0.29, 0.717) is 12.0 Å². The number of aromatic nitrogens is 1. The van der Waals surface area contributed by atoms with Crippen molar-refractivity contribution in [3.05, 3.63) is 23.4 Å². The maximum atomic E-state index is 4.93. The second-order valence-electron chi connectivity index (χ2n) is 6.17. The number of nitrogens with zero attached hydrogens (tertiary/aromatic N) is 2. The first-order valence-corrected chi connectivity index (χ1v) is 8.07. The third-order valence-corrected chi connectivity index (χ3v) is 4.26. The third-order valence-electron chi connectivity index (χ3n) is 4.26. The van der Waals surface area contributed by atoms with E-state index in [1.165, 1.54) is 42.8 Å². The van der Waals surface area contributed by atoms with E-state index in [9.17, 15) is 0 Å². The minimum absolute atomic E-state index is 0.479. The van der Waals surface area contributed by atoms with Gasteiger partial charge in [0, 0.05) is 24.8 Å². The molecule has 0 saturated heterocycles. The second-order valence-corrected chi connectivity index (χ2v) is 6.17. The van der Waals surface area contributed by atoms with E-state index in [0.717, 1.165) is 13.1 Å². The van der Waals surface area contributed by atoms with Gasteiger partial charge in [-0.3, -0.25) is 0 Å². The molecule has 1 aliphatic carbocycles. The van der Waals surface area contributed by atoms with Crippen molar-refractivity contribution < 1.29 is 0 Å². The maximum absolute atomic E-state index is 4.93. The SMILES string of the molecule is CCN(c1cc(CNC)cc(C(C)C)n1)C1CCCC1. The van der Waals surface area contributed by atoms with E-state index in [1.807, 2.05) is 7.05 Å². The van der Waals surface area contributed by atoms with Crippen LogP contribution in [-0.2, 0) is 6.54 Å². The van der Waals surface area contributed by atoms with Crippen LogP contribution < -0.4 is 10.2 Å². The highest BCUT2D eigenvalue weighted by molar-refractivity contribution is 5.44. The second kappa shape index (κ2) is 7.07. The van der Waals surface area contributed by atoms with Gasteiger partial charge in [0.2, 0.25) is 0 Å². The van der Waals surface area contributed by atoms with E-state index < -0.39 is 0 Å². The molecule has 0 unspecified atom stereocenters. The highest BCUT2D eigenvalue weighted by atomic mass is 15.2. The van der Waals surface area contributed by atoms with E-state index in [1.54, 1.807) is 0 Å². The molecule has 112 valence electrons. The van der Waals surface area contributed by atoms with Gasteiger partial charge in [0.15, 0.2) is 0 Å². The molecule has 0 atom stereocenters. The van der Waals surface area contributed by atoms with Crippen molar-refractivity contribution in [2.45, 2.75) is 65.0 Å². The Labute approximate surface area is 123 Å². The molecule has 1 aliphatic rings. The van der Waals surface area contributed by atoms with Crippen molar-refractivity contribution in [2.24, 2.45) is 0 Å². The summed E-state index contributed by atoms with van der Waals surface area (Å²) in [5.74, 6) is 1.66. The molecule has 0 radical (unpaired) electrons. The predicted molar refractivity (Wildman–Crippen MR) is 86.4 cm³/mol. The molecule has 1 heterocycles. The first kappa shape index (κ1) is 15.3. The summed E-state index contributed by atoms with van der Waals surface area (Å²) in [6.07, 6.45) is 5.38. The summed E-state index contributed by atoms with van der Waals surface area (Å²) < 4.78 is 0. The van der Waals surface area contributed by atoms with Gasteiger partial charge in [-0.05, 0) is 50.4 Å². The zero-order valence-electron chi connectivity index (χ0n) is 13.4. The largest absolute Gasteiger partial charge is 0.354 e. The van der Waals surface area contributed by atoms with Gasteiger partial charge in [0.05, 0.1) is 0 Å². The molecular weight excluding hydrogens is 246 g/mol. The minimum Gasteiger partial charge on any atom is -0.354 e. The van der Waals surface area contributed by atoms with Crippen LogP contribution in [0.5, 0.6) is 0 Å². The monoisotopic (exact) mass is 275 g/mol. The van der Waals surface area contributed by atoms with Crippen molar-refractivity contribution in [3.63, 3.8) is 0 Å². The topological polar surface area (TPSA) is 28.2 Å². The molecule has 1 aromatic heterocycles. The number of nitrogens with one attached hydrogen (secondary N) is 1. The summed E-state index contributed by atoms with van der Waals surface area (Å²) in [7, 11) is 2.00. The van der Waals surface area contributed by atoms with Crippen LogP contribution >= 0.6 is 0 Å². The Balaban J connectivity index is 2.31. The van der Waals surface area contributed by atoms with Gasteiger partial charge >= 0.3 is 0 Å². The van der Waals surface area contributed by atoms with Gasteiger partial charge in [0.25, 0.3) is 0 Å². The molecule has 0 aliphatic heterocycles. The van der Waals surface area contributed by atoms with Gasteiger partial charge in [-0.15, -0.1) is 0 Å². The van der Waals surface area contributed by atoms with E-state index in [4.69, 9.17) is 4.98 Å². The molecule has 3 heteroatoms. The Kier molecular flexibility index (Phi) is 5.41. The van der Waals surface area contributed by atoms with Crippen molar-refractivity contribution >= 4 is 5.82 Å². The quantitative estimate of drug-likeness (QED) is 0.858. The molecular formula is C17H29N3. The zero-order valence-corrected chi connectivity index (χ0v) is 13.4. The smallest absolute Gasteiger partial charge is 0.129 e. The first-order chi connectivity index (χ1) is 9.65. The van der Waals surface area contributed by atoms with Crippen LogP contribution in [0.4, 0.5) is 5.82 Å². The summed E-state index contributed by atoms with van der Waals surface area (Å²) in [6.45, 7) is 8.66. The van der Waals surface area contributed by atoms with Gasteiger partial charge in [-0.1, -0.05) is 26.7 Å². The molecule has 0 spiro atoms. The van der Waals surface area contributed by atoms with Crippen LogP contribution in [0.2, 0.25) is 0 Å². The van der Waals surface area contributed by atoms with Crippen LogP contribution in [0.15, 0.2) is 12.1 Å². The van der Waals surface area contributed by atoms with Gasteiger partial charge in [-0.25, -0.2) is 4.98 Å². The lowest BCUT2D eigenvalue weighted by atomic mass is 10.1. The predicted octanol–water partition coefficient (Wildman–Crippen LogP) is 3.69. The zero-order chi connectivity index (χ0) is 14.5. The Bertz CT molecular complexity index is 422. The van der Waals surface area contributed by atoms with Crippen LogP contribution in [0.1, 0.15) is 63.6 Å². The summed E-state index contributed by atoms with van der Waals surface area (Å²) in [5.41, 5.74) is 2.56. The number of pyridine rings is 1. The molecule has 0 aromatic carbocycles. The Morgan fingerprint density at radius 1 is 1.30 bits per heavy atom. The molecule has 0 bridgehead atoms. The van der Waals surface area contributed by atoms with Crippen molar-refractivity contribution in [3.8, 4) is 0 Å². The van der Waals surface area contributed by atoms with E-state index >= 15 is 0 Å². The highest BCUT2D eigenvalue weighted by Gasteiger charge is 2.23. The molecule has 1 fully saturated rings. The van der Waals surface area contributed by atoms with Crippen LogP contribution in [0.3, 0.4) is 0 Å². The highest BCUT2D eigenvalue weighted by Crippen LogP contribution is 2.28. The summed E-state index contributed by atoms with van der Waals surface area (Å²) in [6, 6.07) is 5.20. The first-order valence-electron chi connectivity index (χ1n) is 8.07. The number of hydrogen-bond donors (Lipinski definition) is 1. The molecule has 20 heavy (non-hydrogen) atoms. The lowest BCUT2D eigenvalue weighted by Gasteiger charge is -2.30. The fourth-order valence-electron chi connectivity index (χ4n) is 3.17. The standard InChI is InChI=1S/C17H29N3/c1-5-20(15-8-6-7-9-15)17-11-14(12-18-4)10-16(19-17)13(2)3/h10-11,13,15,18H,5-9,12H2,1-4H3. The van der Waals surface area contributed by atoms with Gasteiger partial charge in [0.1, 0.15) is 5.82 Å².